The number of carbonyl (C=O) groups excluding carboxylic acids is 1. The molecule has 0 aliphatic rings. The highest BCUT2D eigenvalue weighted by atomic mass is 19.4. The van der Waals surface area contributed by atoms with Crippen LogP contribution in [-0.4, -0.2) is 5.78 Å². The van der Waals surface area contributed by atoms with E-state index in [0.29, 0.717) is 19.3 Å². The summed E-state index contributed by atoms with van der Waals surface area (Å²) in [5.41, 5.74) is 0.114. The summed E-state index contributed by atoms with van der Waals surface area (Å²) < 4.78 is 36.8. The number of aryl methyl sites for hydroxylation is 1. The van der Waals surface area contributed by atoms with Crippen molar-refractivity contribution in [1.82, 2.24) is 0 Å². The molecule has 1 aromatic rings. The molecule has 0 aliphatic carbocycles. The first-order valence-electron chi connectivity index (χ1n) is 5.61. The van der Waals surface area contributed by atoms with Gasteiger partial charge in [-0.15, -0.1) is 0 Å². The van der Waals surface area contributed by atoms with E-state index >= 15 is 0 Å². The third-order valence-corrected chi connectivity index (χ3v) is 2.50. The molecule has 1 nitrogen and oxygen atoms in total. The van der Waals surface area contributed by atoms with Crippen LogP contribution < -0.4 is 0 Å². The number of carbonyl (C=O) groups is 1. The smallest absolute Gasteiger partial charge is 0.300 e. The summed E-state index contributed by atoms with van der Waals surface area (Å²) in [4.78, 5) is 11.3. The lowest BCUT2D eigenvalue weighted by atomic mass is 10.0. The van der Waals surface area contributed by atoms with Gasteiger partial charge in [0.05, 0.1) is 5.56 Å². The summed E-state index contributed by atoms with van der Waals surface area (Å²) in [5, 5.41) is 0. The van der Waals surface area contributed by atoms with Gasteiger partial charge < -0.3 is 0 Å². The van der Waals surface area contributed by atoms with Crippen molar-refractivity contribution in [3.05, 3.63) is 35.4 Å². The van der Waals surface area contributed by atoms with E-state index in [9.17, 15) is 18.0 Å². The molecule has 94 valence electrons. The highest BCUT2D eigenvalue weighted by molar-refractivity contribution is 5.78. The maximum atomic E-state index is 12.3. The molecule has 0 heterocycles. The Bertz CT molecular complexity index is 365. The van der Waals surface area contributed by atoms with E-state index in [2.05, 4.69) is 0 Å². The zero-order valence-corrected chi connectivity index (χ0v) is 9.68. The molecule has 1 rings (SSSR count). The van der Waals surface area contributed by atoms with Crippen molar-refractivity contribution in [3.8, 4) is 0 Å². The topological polar surface area (TPSA) is 17.1 Å². The number of hydrogen-bond donors (Lipinski definition) is 0. The lowest BCUT2D eigenvalue weighted by Gasteiger charge is -2.07. The van der Waals surface area contributed by atoms with E-state index in [1.807, 2.05) is 6.92 Å². The summed E-state index contributed by atoms with van der Waals surface area (Å²) in [6.07, 6.45) is -2.03. The molecule has 0 N–H and O–H groups in total. The van der Waals surface area contributed by atoms with Crippen molar-refractivity contribution in [1.29, 1.82) is 0 Å². The Hall–Kier alpha value is -1.32. The third kappa shape index (κ3) is 4.59. The first kappa shape index (κ1) is 13.7. The molecule has 0 radical (unpaired) electrons. The van der Waals surface area contributed by atoms with Crippen molar-refractivity contribution >= 4 is 5.78 Å². The van der Waals surface area contributed by atoms with E-state index in [4.69, 9.17) is 0 Å². The number of rotatable bonds is 5. The molecule has 0 unspecified atom stereocenters. The van der Waals surface area contributed by atoms with E-state index in [1.165, 1.54) is 12.1 Å². The second kappa shape index (κ2) is 5.84. The average molecular weight is 244 g/mol. The Kier molecular flexibility index (Phi) is 4.73. The molecule has 0 spiro atoms. The normalized spacial score (nSPS) is 11.5. The summed E-state index contributed by atoms with van der Waals surface area (Å²) in [5.74, 6) is 0.160. The van der Waals surface area contributed by atoms with E-state index < -0.39 is 11.7 Å². The van der Waals surface area contributed by atoms with Crippen molar-refractivity contribution in [2.24, 2.45) is 0 Å². The molecule has 0 aromatic heterocycles. The Morgan fingerprint density at radius 2 is 1.71 bits per heavy atom. The lowest BCUT2D eigenvalue weighted by Crippen LogP contribution is -2.05. The number of Topliss-reactive ketones (excluding diaryl/α,β-unsaturated/α-hetero) is 1. The standard InChI is InChI=1S/C13H15F3O/c1-2-3-12(17)9-6-10-4-7-11(8-5-10)13(14,15)16/h4-5,7-8H,2-3,6,9H2,1H3. The monoisotopic (exact) mass is 244 g/mol. The van der Waals surface area contributed by atoms with Crippen LogP contribution >= 0.6 is 0 Å². The first-order valence-corrected chi connectivity index (χ1v) is 5.61. The molecule has 0 saturated carbocycles. The van der Waals surface area contributed by atoms with Crippen molar-refractivity contribution in [2.75, 3.05) is 0 Å². The number of hydrogen-bond acceptors (Lipinski definition) is 1. The lowest BCUT2D eigenvalue weighted by molar-refractivity contribution is -0.137. The van der Waals surface area contributed by atoms with Gasteiger partial charge in [-0.2, -0.15) is 13.2 Å². The van der Waals surface area contributed by atoms with Crippen molar-refractivity contribution < 1.29 is 18.0 Å². The van der Waals surface area contributed by atoms with Crippen LogP contribution in [0.5, 0.6) is 0 Å². The molecule has 0 atom stereocenters. The predicted octanol–water partition coefficient (Wildman–Crippen LogP) is 4.01. The minimum absolute atomic E-state index is 0.160. The van der Waals surface area contributed by atoms with Gasteiger partial charge in [-0.25, -0.2) is 0 Å². The highest BCUT2D eigenvalue weighted by Gasteiger charge is 2.29. The molecule has 0 bridgehead atoms. The molecule has 4 heteroatoms. The molecular formula is C13H15F3O. The number of benzene rings is 1. The van der Waals surface area contributed by atoms with Crippen LogP contribution in [0.25, 0.3) is 0 Å². The van der Waals surface area contributed by atoms with Crippen LogP contribution in [-0.2, 0) is 17.4 Å². The second-order valence-corrected chi connectivity index (χ2v) is 3.98. The highest BCUT2D eigenvalue weighted by Crippen LogP contribution is 2.29. The SMILES string of the molecule is CCCC(=O)CCc1ccc(C(F)(F)F)cc1. The van der Waals surface area contributed by atoms with E-state index in [1.54, 1.807) is 0 Å². The number of ketones is 1. The van der Waals surface area contributed by atoms with Crippen molar-refractivity contribution in [3.63, 3.8) is 0 Å². The Morgan fingerprint density at radius 1 is 1.12 bits per heavy atom. The first-order chi connectivity index (χ1) is 7.93. The fourth-order valence-electron chi connectivity index (χ4n) is 1.55. The zero-order chi connectivity index (χ0) is 12.9. The van der Waals surface area contributed by atoms with Gasteiger partial charge in [0.25, 0.3) is 0 Å². The average Bonchev–Trinajstić information content (AvgIpc) is 2.26. The van der Waals surface area contributed by atoms with Crippen LogP contribution in [0.15, 0.2) is 24.3 Å². The molecule has 0 amide bonds. The molecular weight excluding hydrogens is 229 g/mol. The van der Waals surface area contributed by atoms with Gasteiger partial charge in [0.2, 0.25) is 0 Å². The summed E-state index contributed by atoms with van der Waals surface area (Å²) in [7, 11) is 0. The maximum absolute atomic E-state index is 12.3. The molecule has 0 fully saturated rings. The Balaban J connectivity index is 2.54. The van der Waals surface area contributed by atoms with Gasteiger partial charge in [0.1, 0.15) is 5.78 Å². The molecule has 1 aromatic carbocycles. The Labute approximate surface area is 98.6 Å². The quantitative estimate of drug-likeness (QED) is 0.764. The van der Waals surface area contributed by atoms with Gasteiger partial charge in [-0.1, -0.05) is 19.1 Å². The van der Waals surface area contributed by atoms with Crippen LogP contribution in [0.1, 0.15) is 37.3 Å². The molecule has 0 aliphatic heterocycles. The third-order valence-electron chi connectivity index (χ3n) is 2.50. The van der Waals surface area contributed by atoms with Crippen LogP contribution in [0.4, 0.5) is 13.2 Å². The van der Waals surface area contributed by atoms with E-state index in [-0.39, 0.29) is 5.78 Å². The van der Waals surface area contributed by atoms with Crippen LogP contribution in [0.3, 0.4) is 0 Å². The summed E-state index contributed by atoms with van der Waals surface area (Å²) >= 11 is 0. The van der Waals surface area contributed by atoms with Gasteiger partial charge in [0.15, 0.2) is 0 Å². The van der Waals surface area contributed by atoms with Crippen LogP contribution in [0, 0.1) is 0 Å². The molecule has 0 saturated heterocycles. The van der Waals surface area contributed by atoms with Crippen molar-refractivity contribution in [2.45, 2.75) is 38.8 Å². The summed E-state index contributed by atoms with van der Waals surface area (Å²) in [6.45, 7) is 1.93. The second-order valence-electron chi connectivity index (χ2n) is 3.98. The van der Waals surface area contributed by atoms with Gasteiger partial charge >= 0.3 is 6.18 Å². The van der Waals surface area contributed by atoms with Gasteiger partial charge in [-0.05, 0) is 30.5 Å². The fraction of sp³-hybridized carbons (Fsp3) is 0.462. The largest absolute Gasteiger partial charge is 0.416 e. The predicted molar refractivity (Wildman–Crippen MR) is 59.7 cm³/mol. The number of alkyl halides is 3. The Morgan fingerprint density at radius 3 is 2.18 bits per heavy atom. The van der Waals surface area contributed by atoms with Gasteiger partial charge in [-0.3, -0.25) is 4.79 Å². The van der Waals surface area contributed by atoms with E-state index in [0.717, 1.165) is 24.1 Å². The molecule has 17 heavy (non-hydrogen) atoms. The van der Waals surface area contributed by atoms with Crippen LogP contribution in [0.2, 0.25) is 0 Å². The fourth-order valence-corrected chi connectivity index (χ4v) is 1.55. The minimum atomic E-state index is -4.30. The summed E-state index contributed by atoms with van der Waals surface area (Å²) in [6, 6.07) is 4.98. The zero-order valence-electron chi connectivity index (χ0n) is 9.68. The minimum Gasteiger partial charge on any atom is -0.300 e. The van der Waals surface area contributed by atoms with Gasteiger partial charge in [0, 0.05) is 12.8 Å². The number of halogens is 3. The maximum Gasteiger partial charge on any atom is 0.416 e.